The van der Waals surface area contributed by atoms with Crippen molar-refractivity contribution in [1.82, 2.24) is 4.90 Å². The van der Waals surface area contributed by atoms with Gasteiger partial charge in [0, 0.05) is 19.2 Å². The number of amides is 2. The standard InChI is InChI=1S/C14H19BrN2O3/c1-17(14(16)18)8-10-4-2-6-12(15)13(10)20-9-11-5-3-7-19-11/h2,4,6,11H,3,5,7-9H2,1H3,(H2,16,18)/t11-/m0/s1. The fraction of sp³-hybridized carbons (Fsp3) is 0.500. The average Bonchev–Trinajstić information content (AvgIpc) is 2.91. The molecule has 2 N–H and O–H groups in total. The molecule has 1 aliphatic heterocycles. The molecule has 20 heavy (non-hydrogen) atoms. The lowest BCUT2D eigenvalue weighted by atomic mass is 10.2. The third-order valence-corrected chi connectivity index (χ3v) is 3.89. The first-order valence-corrected chi connectivity index (χ1v) is 7.39. The highest BCUT2D eigenvalue weighted by Gasteiger charge is 2.18. The van der Waals surface area contributed by atoms with E-state index < -0.39 is 6.03 Å². The molecule has 1 heterocycles. The van der Waals surface area contributed by atoms with Crippen LogP contribution in [0.3, 0.4) is 0 Å². The van der Waals surface area contributed by atoms with Crippen molar-refractivity contribution in [3.05, 3.63) is 28.2 Å². The maximum absolute atomic E-state index is 11.1. The molecule has 2 rings (SSSR count). The molecule has 1 saturated heterocycles. The number of ether oxygens (including phenoxy) is 2. The summed E-state index contributed by atoms with van der Waals surface area (Å²) in [5, 5.41) is 0. The van der Waals surface area contributed by atoms with Crippen LogP contribution in [0.1, 0.15) is 18.4 Å². The SMILES string of the molecule is CN(Cc1cccc(Br)c1OC[C@@H]1CCCO1)C(N)=O. The lowest BCUT2D eigenvalue weighted by molar-refractivity contribution is 0.0671. The van der Waals surface area contributed by atoms with Gasteiger partial charge in [-0.2, -0.15) is 0 Å². The van der Waals surface area contributed by atoms with Crippen LogP contribution >= 0.6 is 15.9 Å². The van der Waals surface area contributed by atoms with Crippen LogP contribution in [0.15, 0.2) is 22.7 Å². The van der Waals surface area contributed by atoms with E-state index in [1.807, 2.05) is 18.2 Å². The van der Waals surface area contributed by atoms with Gasteiger partial charge in [0.25, 0.3) is 0 Å². The number of hydrogen-bond acceptors (Lipinski definition) is 3. The summed E-state index contributed by atoms with van der Waals surface area (Å²) in [6, 6.07) is 5.29. The van der Waals surface area contributed by atoms with Crippen LogP contribution in [0.25, 0.3) is 0 Å². The number of benzene rings is 1. The molecule has 5 nitrogen and oxygen atoms in total. The first kappa shape index (κ1) is 15.1. The number of primary amides is 1. The number of nitrogens with zero attached hydrogens (tertiary/aromatic N) is 1. The van der Waals surface area contributed by atoms with E-state index in [1.165, 1.54) is 4.90 Å². The van der Waals surface area contributed by atoms with Gasteiger partial charge < -0.3 is 20.1 Å². The number of hydrogen-bond donors (Lipinski definition) is 1. The number of rotatable bonds is 5. The highest BCUT2D eigenvalue weighted by atomic mass is 79.9. The number of halogens is 1. The third kappa shape index (κ3) is 3.86. The van der Waals surface area contributed by atoms with Crippen LogP contribution in [0.5, 0.6) is 5.75 Å². The molecule has 0 unspecified atom stereocenters. The van der Waals surface area contributed by atoms with Gasteiger partial charge in [-0.3, -0.25) is 0 Å². The molecule has 2 amide bonds. The summed E-state index contributed by atoms with van der Waals surface area (Å²) in [5.74, 6) is 0.746. The molecule has 0 aromatic heterocycles. The molecule has 1 atom stereocenters. The fourth-order valence-electron chi connectivity index (χ4n) is 2.13. The van der Waals surface area contributed by atoms with Crippen molar-refractivity contribution < 1.29 is 14.3 Å². The fourth-order valence-corrected chi connectivity index (χ4v) is 2.65. The van der Waals surface area contributed by atoms with Gasteiger partial charge in [0.2, 0.25) is 0 Å². The highest BCUT2D eigenvalue weighted by molar-refractivity contribution is 9.10. The number of para-hydroxylation sites is 1. The van der Waals surface area contributed by atoms with Gasteiger partial charge in [-0.15, -0.1) is 0 Å². The number of nitrogens with two attached hydrogens (primary N) is 1. The second-order valence-corrected chi connectivity index (χ2v) is 5.72. The third-order valence-electron chi connectivity index (χ3n) is 3.27. The predicted molar refractivity (Wildman–Crippen MR) is 79.7 cm³/mol. The Morgan fingerprint density at radius 2 is 2.40 bits per heavy atom. The molecule has 1 aromatic rings. The molecule has 0 bridgehead atoms. The van der Waals surface area contributed by atoms with E-state index in [9.17, 15) is 4.79 Å². The van der Waals surface area contributed by atoms with Crippen molar-refractivity contribution in [3.8, 4) is 5.75 Å². The predicted octanol–water partition coefficient (Wildman–Crippen LogP) is 2.52. The highest BCUT2D eigenvalue weighted by Crippen LogP contribution is 2.30. The Labute approximate surface area is 127 Å². The minimum Gasteiger partial charge on any atom is -0.489 e. The molecular formula is C14H19BrN2O3. The van der Waals surface area contributed by atoms with Crippen molar-refractivity contribution in [2.75, 3.05) is 20.3 Å². The molecule has 0 radical (unpaired) electrons. The van der Waals surface area contributed by atoms with Crippen LogP contribution in [-0.4, -0.2) is 37.3 Å². The summed E-state index contributed by atoms with van der Waals surface area (Å²) in [4.78, 5) is 12.6. The molecule has 0 aliphatic carbocycles. The van der Waals surface area contributed by atoms with E-state index in [1.54, 1.807) is 7.05 Å². The van der Waals surface area contributed by atoms with Gasteiger partial charge >= 0.3 is 6.03 Å². The van der Waals surface area contributed by atoms with E-state index in [0.29, 0.717) is 13.2 Å². The van der Waals surface area contributed by atoms with Crippen molar-refractivity contribution in [3.63, 3.8) is 0 Å². The second-order valence-electron chi connectivity index (χ2n) is 4.87. The van der Waals surface area contributed by atoms with Gasteiger partial charge in [0.05, 0.1) is 17.1 Å². The van der Waals surface area contributed by atoms with Gasteiger partial charge in [0.1, 0.15) is 12.4 Å². The van der Waals surface area contributed by atoms with Crippen LogP contribution < -0.4 is 10.5 Å². The summed E-state index contributed by atoms with van der Waals surface area (Å²) in [6.07, 6.45) is 2.27. The summed E-state index contributed by atoms with van der Waals surface area (Å²) < 4.78 is 12.3. The lowest BCUT2D eigenvalue weighted by Gasteiger charge is -2.19. The van der Waals surface area contributed by atoms with E-state index in [0.717, 1.165) is 35.2 Å². The zero-order valence-corrected chi connectivity index (χ0v) is 13.1. The lowest BCUT2D eigenvalue weighted by Crippen LogP contribution is -2.31. The molecule has 1 aromatic carbocycles. The van der Waals surface area contributed by atoms with E-state index in [2.05, 4.69) is 15.9 Å². The molecule has 1 fully saturated rings. The Kier molecular flexibility index (Phi) is 5.25. The Morgan fingerprint density at radius 1 is 1.60 bits per heavy atom. The number of urea groups is 1. The van der Waals surface area contributed by atoms with E-state index >= 15 is 0 Å². The monoisotopic (exact) mass is 342 g/mol. The zero-order valence-electron chi connectivity index (χ0n) is 11.5. The minimum atomic E-state index is -0.463. The Hall–Kier alpha value is -1.27. The number of carbonyl (C=O) groups excluding carboxylic acids is 1. The quantitative estimate of drug-likeness (QED) is 0.894. The zero-order chi connectivity index (χ0) is 14.5. The first-order chi connectivity index (χ1) is 9.58. The van der Waals surface area contributed by atoms with Gasteiger partial charge in [-0.25, -0.2) is 4.79 Å². The van der Waals surface area contributed by atoms with E-state index in [4.69, 9.17) is 15.2 Å². The summed E-state index contributed by atoms with van der Waals surface area (Å²) in [7, 11) is 1.66. The molecular weight excluding hydrogens is 324 g/mol. The van der Waals surface area contributed by atoms with Crippen molar-refractivity contribution in [2.45, 2.75) is 25.5 Å². The minimum absolute atomic E-state index is 0.156. The normalized spacial score (nSPS) is 18.0. The Morgan fingerprint density at radius 3 is 3.05 bits per heavy atom. The Balaban J connectivity index is 2.06. The molecule has 1 aliphatic rings. The average molecular weight is 343 g/mol. The van der Waals surface area contributed by atoms with Crippen LogP contribution in [-0.2, 0) is 11.3 Å². The van der Waals surface area contributed by atoms with Gasteiger partial charge in [-0.1, -0.05) is 12.1 Å². The maximum Gasteiger partial charge on any atom is 0.314 e. The first-order valence-electron chi connectivity index (χ1n) is 6.60. The summed E-state index contributed by atoms with van der Waals surface area (Å²) >= 11 is 3.48. The topological polar surface area (TPSA) is 64.8 Å². The van der Waals surface area contributed by atoms with Gasteiger partial charge in [0.15, 0.2) is 0 Å². The van der Waals surface area contributed by atoms with Crippen molar-refractivity contribution >= 4 is 22.0 Å². The van der Waals surface area contributed by atoms with Gasteiger partial charge in [-0.05, 0) is 34.8 Å². The molecule has 110 valence electrons. The van der Waals surface area contributed by atoms with Crippen molar-refractivity contribution in [2.24, 2.45) is 5.73 Å². The Bertz CT molecular complexity index is 475. The molecule has 0 saturated carbocycles. The van der Waals surface area contributed by atoms with Crippen LogP contribution in [0, 0.1) is 0 Å². The van der Waals surface area contributed by atoms with Crippen LogP contribution in [0.4, 0.5) is 4.79 Å². The molecule has 0 spiro atoms. The molecule has 6 heteroatoms. The largest absolute Gasteiger partial charge is 0.489 e. The number of carbonyl (C=O) groups is 1. The maximum atomic E-state index is 11.1. The summed E-state index contributed by atoms with van der Waals surface area (Å²) in [5.41, 5.74) is 6.18. The van der Waals surface area contributed by atoms with Crippen molar-refractivity contribution in [1.29, 1.82) is 0 Å². The van der Waals surface area contributed by atoms with E-state index in [-0.39, 0.29) is 6.10 Å². The second kappa shape index (κ2) is 6.95. The summed E-state index contributed by atoms with van der Waals surface area (Å²) in [6.45, 7) is 1.74. The van der Waals surface area contributed by atoms with Crippen LogP contribution in [0.2, 0.25) is 0 Å². The smallest absolute Gasteiger partial charge is 0.314 e.